The zero-order chi connectivity index (χ0) is 16.7. The summed E-state index contributed by atoms with van der Waals surface area (Å²) in [7, 11) is 3.36. The van der Waals surface area contributed by atoms with E-state index in [0.717, 1.165) is 5.56 Å². The fourth-order valence-corrected chi connectivity index (χ4v) is 1.76. The van der Waals surface area contributed by atoms with E-state index in [4.69, 9.17) is 20.0 Å². The van der Waals surface area contributed by atoms with Gasteiger partial charge in [0.2, 0.25) is 5.71 Å². The number of benzene rings is 1. The van der Waals surface area contributed by atoms with E-state index in [-0.39, 0.29) is 5.71 Å². The Bertz CT molecular complexity index is 781. The molecule has 8 heteroatoms. The van der Waals surface area contributed by atoms with Crippen molar-refractivity contribution in [2.24, 2.45) is 12.1 Å². The van der Waals surface area contributed by atoms with Gasteiger partial charge in [-0.2, -0.15) is 20.7 Å². The van der Waals surface area contributed by atoms with Crippen molar-refractivity contribution in [1.29, 1.82) is 10.5 Å². The number of nitriles is 2. The number of anilines is 1. The first-order chi connectivity index (χ1) is 11.2. The largest absolute Gasteiger partial charge is 0.493 e. The van der Waals surface area contributed by atoms with Gasteiger partial charge in [-0.3, -0.25) is 10.1 Å². The van der Waals surface area contributed by atoms with Gasteiger partial charge in [0, 0.05) is 24.9 Å². The lowest BCUT2D eigenvalue weighted by Gasteiger charge is -2.11. The fourth-order valence-electron chi connectivity index (χ4n) is 1.76. The average molecular weight is 310 g/mol. The zero-order valence-electron chi connectivity index (χ0n) is 12.6. The summed E-state index contributed by atoms with van der Waals surface area (Å²) in [6.45, 7) is 0.363. The number of aromatic nitrogens is 2. The maximum atomic E-state index is 8.63. The molecular formula is C15H14N6O2. The Kier molecular flexibility index (Phi) is 5.16. The minimum Gasteiger partial charge on any atom is -0.493 e. The second kappa shape index (κ2) is 7.48. The lowest BCUT2D eigenvalue weighted by molar-refractivity contribution is 0.284. The van der Waals surface area contributed by atoms with Crippen LogP contribution in [0.4, 0.5) is 5.69 Å². The SMILES string of the molecule is COc1cc(NN=C(C#N)C#N)ccc1OCc1cnn(C)c1. The Morgan fingerprint density at radius 3 is 2.74 bits per heavy atom. The van der Waals surface area contributed by atoms with Gasteiger partial charge in [-0.15, -0.1) is 0 Å². The number of nitrogens with zero attached hydrogens (tertiary/aromatic N) is 5. The van der Waals surface area contributed by atoms with Gasteiger partial charge in [0.05, 0.1) is 19.0 Å². The van der Waals surface area contributed by atoms with Gasteiger partial charge in [0.1, 0.15) is 18.7 Å². The molecule has 0 aliphatic rings. The molecule has 0 atom stereocenters. The van der Waals surface area contributed by atoms with Crippen molar-refractivity contribution < 1.29 is 9.47 Å². The van der Waals surface area contributed by atoms with Gasteiger partial charge in [-0.1, -0.05) is 0 Å². The van der Waals surface area contributed by atoms with Crippen molar-refractivity contribution in [3.63, 3.8) is 0 Å². The van der Waals surface area contributed by atoms with Crippen LogP contribution in [-0.4, -0.2) is 22.6 Å². The second-order valence-electron chi connectivity index (χ2n) is 4.47. The van der Waals surface area contributed by atoms with Crippen molar-refractivity contribution in [3.05, 3.63) is 36.2 Å². The van der Waals surface area contributed by atoms with Crippen molar-refractivity contribution in [1.82, 2.24) is 9.78 Å². The number of methoxy groups -OCH3 is 1. The summed E-state index contributed by atoms with van der Waals surface area (Å²) in [5, 5.41) is 25.0. The Balaban J connectivity index is 2.09. The van der Waals surface area contributed by atoms with Gasteiger partial charge < -0.3 is 9.47 Å². The lowest BCUT2D eigenvalue weighted by Crippen LogP contribution is -1.99. The molecule has 0 aliphatic heterocycles. The molecule has 1 heterocycles. The second-order valence-corrected chi connectivity index (χ2v) is 4.47. The van der Waals surface area contributed by atoms with Crippen LogP contribution in [0.5, 0.6) is 11.5 Å². The van der Waals surface area contributed by atoms with Gasteiger partial charge in [-0.25, -0.2) is 0 Å². The van der Waals surface area contributed by atoms with Crippen LogP contribution in [-0.2, 0) is 13.7 Å². The number of ether oxygens (including phenoxy) is 2. The predicted molar refractivity (Wildman–Crippen MR) is 82.8 cm³/mol. The van der Waals surface area contributed by atoms with Gasteiger partial charge in [0.15, 0.2) is 11.5 Å². The summed E-state index contributed by atoms with van der Waals surface area (Å²) >= 11 is 0. The Morgan fingerprint density at radius 2 is 2.13 bits per heavy atom. The van der Waals surface area contributed by atoms with E-state index in [9.17, 15) is 0 Å². The lowest BCUT2D eigenvalue weighted by atomic mass is 10.3. The van der Waals surface area contributed by atoms with Crippen LogP contribution in [0.2, 0.25) is 0 Å². The van der Waals surface area contributed by atoms with Crippen LogP contribution in [0.25, 0.3) is 0 Å². The molecule has 0 amide bonds. The molecule has 0 bridgehead atoms. The molecule has 1 aromatic carbocycles. The van der Waals surface area contributed by atoms with Gasteiger partial charge in [-0.05, 0) is 12.1 Å². The quantitative estimate of drug-likeness (QED) is 0.644. The monoisotopic (exact) mass is 310 g/mol. The molecule has 0 unspecified atom stereocenters. The van der Waals surface area contributed by atoms with Crippen molar-refractivity contribution >= 4 is 11.4 Å². The predicted octanol–water partition coefficient (Wildman–Crippen LogP) is 1.82. The third-order valence-corrected chi connectivity index (χ3v) is 2.82. The first kappa shape index (κ1) is 15.9. The van der Waals surface area contributed by atoms with Crippen LogP contribution in [0.1, 0.15) is 5.56 Å². The van der Waals surface area contributed by atoms with E-state index in [2.05, 4.69) is 15.6 Å². The maximum absolute atomic E-state index is 8.63. The number of rotatable bonds is 6. The molecular weight excluding hydrogens is 296 g/mol. The molecule has 116 valence electrons. The molecule has 0 aliphatic carbocycles. The first-order valence-electron chi connectivity index (χ1n) is 6.58. The molecule has 1 N–H and O–H groups in total. The molecule has 0 spiro atoms. The van der Waals surface area contributed by atoms with E-state index in [0.29, 0.717) is 23.8 Å². The molecule has 8 nitrogen and oxygen atoms in total. The highest BCUT2D eigenvalue weighted by atomic mass is 16.5. The maximum Gasteiger partial charge on any atom is 0.237 e. The summed E-state index contributed by atoms with van der Waals surface area (Å²) < 4.78 is 12.7. The van der Waals surface area contributed by atoms with Crippen LogP contribution < -0.4 is 14.9 Å². The Labute approximate surface area is 133 Å². The van der Waals surface area contributed by atoms with Gasteiger partial charge >= 0.3 is 0 Å². The van der Waals surface area contributed by atoms with Crippen molar-refractivity contribution in [3.8, 4) is 23.6 Å². The standard InChI is InChI=1S/C15H14N6O2/c1-21-9-11(8-18-21)10-23-14-4-3-12(5-15(14)22-2)19-20-13(6-16)7-17/h3-5,8-9,19H,10H2,1-2H3. The molecule has 0 radical (unpaired) electrons. The highest BCUT2D eigenvalue weighted by molar-refractivity contribution is 6.10. The summed E-state index contributed by atoms with van der Waals surface area (Å²) in [5.74, 6) is 1.07. The molecule has 23 heavy (non-hydrogen) atoms. The van der Waals surface area contributed by atoms with Crippen LogP contribution in [0.15, 0.2) is 35.7 Å². The number of nitrogens with one attached hydrogen (secondary N) is 1. The minimum atomic E-state index is -0.263. The summed E-state index contributed by atoms with van der Waals surface area (Å²) in [6, 6.07) is 8.41. The van der Waals surface area contributed by atoms with Crippen LogP contribution >= 0.6 is 0 Å². The molecule has 2 aromatic rings. The van der Waals surface area contributed by atoms with Crippen LogP contribution in [0, 0.1) is 22.7 Å². The van der Waals surface area contributed by atoms with E-state index in [1.165, 1.54) is 7.11 Å². The number of hydrogen-bond donors (Lipinski definition) is 1. The van der Waals surface area contributed by atoms with E-state index >= 15 is 0 Å². The number of hydrazone groups is 1. The van der Waals surface area contributed by atoms with E-state index in [1.54, 1.807) is 41.2 Å². The summed E-state index contributed by atoms with van der Waals surface area (Å²) in [6.07, 6.45) is 3.59. The number of aryl methyl sites for hydroxylation is 1. The highest BCUT2D eigenvalue weighted by Crippen LogP contribution is 2.30. The number of hydrogen-bond acceptors (Lipinski definition) is 7. The molecule has 0 saturated heterocycles. The topological polar surface area (TPSA) is 108 Å². The molecule has 0 saturated carbocycles. The zero-order valence-corrected chi connectivity index (χ0v) is 12.6. The molecule has 2 rings (SSSR count). The van der Waals surface area contributed by atoms with E-state index < -0.39 is 0 Å². The third-order valence-electron chi connectivity index (χ3n) is 2.82. The summed E-state index contributed by atoms with van der Waals surface area (Å²) in [4.78, 5) is 0. The summed E-state index contributed by atoms with van der Waals surface area (Å²) in [5.41, 5.74) is 3.86. The van der Waals surface area contributed by atoms with Crippen molar-refractivity contribution in [2.75, 3.05) is 12.5 Å². The Hall–Kier alpha value is -3.52. The minimum absolute atomic E-state index is 0.263. The van der Waals surface area contributed by atoms with Crippen LogP contribution in [0.3, 0.4) is 0 Å². The normalized spacial score (nSPS) is 9.39. The smallest absolute Gasteiger partial charge is 0.237 e. The fraction of sp³-hybridized carbons (Fsp3) is 0.200. The molecule has 1 aromatic heterocycles. The Morgan fingerprint density at radius 1 is 1.35 bits per heavy atom. The van der Waals surface area contributed by atoms with Crippen molar-refractivity contribution in [2.45, 2.75) is 6.61 Å². The van der Waals surface area contributed by atoms with Gasteiger partial charge in [0.25, 0.3) is 0 Å². The molecule has 0 fully saturated rings. The van der Waals surface area contributed by atoms with E-state index in [1.807, 2.05) is 13.2 Å². The average Bonchev–Trinajstić information content (AvgIpc) is 2.99. The first-order valence-corrected chi connectivity index (χ1v) is 6.58. The highest BCUT2D eigenvalue weighted by Gasteiger charge is 2.07. The third kappa shape index (κ3) is 4.22.